The van der Waals surface area contributed by atoms with Crippen molar-refractivity contribution in [1.29, 1.82) is 0 Å². The summed E-state index contributed by atoms with van der Waals surface area (Å²) in [5.74, 6) is -0.922. The molecule has 0 amide bonds. The molecule has 99 heavy (non-hydrogen) atoms. The highest BCUT2D eigenvalue weighted by Gasteiger charge is 2.54. The molecule has 0 radical (unpaired) electrons. The molecule has 1 fully saturated rings. The average molecular weight is 1330 g/mol. The molecule has 12 rings (SSSR count). The molecule has 2 atom stereocenters. The third kappa shape index (κ3) is 17.5. The quantitative estimate of drug-likeness (QED) is 0.0810. The summed E-state index contributed by atoms with van der Waals surface area (Å²) >= 11 is 0. The maximum Gasteiger partial charge on any atom is 0.216 e. The third-order valence-electron chi connectivity index (χ3n) is 21.8. The first-order valence-electron chi connectivity index (χ1n) is 39.3. The molecule has 2 aliphatic rings. The molecule has 10 aromatic rings. The van der Waals surface area contributed by atoms with Crippen LogP contribution in [0.5, 0.6) is 0 Å². The van der Waals surface area contributed by atoms with Gasteiger partial charge in [0.2, 0.25) is 28.5 Å². The zero-order valence-corrected chi connectivity index (χ0v) is 64.9. The van der Waals surface area contributed by atoms with E-state index in [0.29, 0.717) is 11.8 Å². The summed E-state index contributed by atoms with van der Waals surface area (Å²) in [7, 11) is 10.5. The van der Waals surface area contributed by atoms with Crippen LogP contribution in [-0.4, -0.2) is 0 Å². The third-order valence-corrected chi connectivity index (χ3v) is 21.8. The van der Waals surface area contributed by atoms with Crippen LogP contribution in [0.15, 0.2) is 195 Å². The lowest BCUT2D eigenvalue weighted by molar-refractivity contribution is -0.661. The van der Waals surface area contributed by atoms with Crippen LogP contribution in [0.25, 0.3) is 56.3 Å². The van der Waals surface area contributed by atoms with E-state index in [9.17, 15) is 1.37 Å². The fraction of sp³-hybridized carbons (Fsp3) is 0.415. The van der Waals surface area contributed by atoms with Gasteiger partial charge in [-0.25, -0.2) is 22.8 Å². The molecule has 2 bridgehead atoms. The fourth-order valence-corrected chi connectivity index (χ4v) is 15.7. The Balaban J connectivity index is 0.000000163. The highest BCUT2D eigenvalue weighted by Crippen LogP contribution is 2.65. The van der Waals surface area contributed by atoms with Crippen LogP contribution in [0.2, 0.25) is 0 Å². The van der Waals surface area contributed by atoms with Crippen LogP contribution in [0.3, 0.4) is 0 Å². The first kappa shape index (κ1) is 70.7. The van der Waals surface area contributed by atoms with E-state index in [0.717, 1.165) is 66.5 Å². The van der Waals surface area contributed by atoms with Crippen LogP contribution < -0.4 is 22.8 Å². The van der Waals surface area contributed by atoms with Gasteiger partial charge in [0, 0.05) is 91.4 Å². The highest BCUT2D eigenvalue weighted by atomic mass is 14.9. The zero-order chi connectivity index (χ0) is 75.5. The molecule has 2 aliphatic carbocycles. The molecule has 0 aliphatic heterocycles. The average Bonchev–Trinajstić information content (AvgIpc) is 1.50. The summed E-state index contributed by atoms with van der Waals surface area (Å²) in [6, 6.07) is 57.9. The van der Waals surface area contributed by atoms with E-state index in [1.807, 2.05) is 0 Å². The monoisotopic (exact) mass is 1330 g/mol. The summed E-state index contributed by atoms with van der Waals surface area (Å²) in [6.45, 7) is 36.8. The summed E-state index contributed by atoms with van der Waals surface area (Å²) < 4.78 is 46.7. The number of pyridine rings is 5. The minimum Gasteiger partial charge on any atom is -0.201 e. The van der Waals surface area contributed by atoms with Crippen molar-refractivity contribution in [2.45, 2.75) is 217 Å². The fourth-order valence-electron chi connectivity index (χ4n) is 15.7. The number of hydrogen-bond donors (Lipinski definition) is 0. The smallest absolute Gasteiger partial charge is 0.201 e. The lowest BCUT2D eigenvalue weighted by atomic mass is 9.79. The molecule has 1 saturated carbocycles. The molecular formula is C94H124N5+5. The van der Waals surface area contributed by atoms with Gasteiger partial charge in [-0.2, -0.15) is 0 Å². The second-order valence-electron chi connectivity index (χ2n) is 28.5. The minimum absolute atomic E-state index is 0.367. The van der Waals surface area contributed by atoms with Crippen molar-refractivity contribution in [2.75, 3.05) is 0 Å². The Kier molecular flexibility index (Phi) is 25.2. The molecule has 2 unspecified atom stereocenters. The normalized spacial score (nSPS) is 16.3. The molecule has 5 nitrogen and oxygen atoms in total. The second-order valence-corrected chi connectivity index (χ2v) is 28.5. The molecule has 5 aromatic carbocycles. The molecule has 0 saturated heterocycles. The van der Waals surface area contributed by atoms with E-state index in [4.69, 9.17) is 4.11 Å². The van der Waals surface area contributed by atoms with Crippen molar-refractivity contribution in [1.82, 2.24) is 0 Å². The van der Waals surface area contributed by atoms with Crippen molar-refractivity contribution < 1.29 is 28.3 Å². The van der Waals surface area contributed by atoms with Crippen LogP contribution in [0.4, 0.5) is 0 Å². The number of aromatic nitrogens is 5. The maximum atomic E-state index is 9.30. The van der Waals surface area contributed by atoms with Crippen molar-refractivity contribution >= 4 is 0 Å². The highest BCUT2D eigenvalue weighted by molar-refractivity contribution is 5.69. The summed E-state index contributed by atoms with van der Waals surface area (Å²) in [5, 5.41) is 0. The van der Waals surface area contributed by atoms with Gasteiger partial charge < -0.3 is 0 Å². The van der Waals surface area contributed by atoms with Crippen LogP contribution in [0, 0.1) is 53.9 Å². The van der Waals surface area contributed by atoms with E-state index >= 15 is 0 Å². The molecule has 0 spiro atoms. The summed E-state index contributed by atoms with van der Waals surface area (Å²) in [6.07, 6.45) is 20.7. The van der Waals surface area contributed by atoms with Gasteiger partial charge >= 0.3 is 0 Å². The Morgan fingerprint density at radius 1 is 0.364 bits per heavy atom. The minimum atomic E-state index is -0.680. The lowest BCUT2D eigenvalue weighted by Crippen LogP contribution is -2.33. The largest absolute Gasteiger partial charge is 0.216 e. The first-order chi connectivity index (χ1) is 48.9. The number of hydrogen-bond acceptors (Lipinski definition) is 0. The van der Waals surface area contributed by atoms with E-state index < -0.39 is 23.6 Å². The summed E-state index contributed by atoms with van der Waals surface area (Å²) in [5.41, 5.74) is 28.5. The molecule has 5 aromatic heterocycles. The Hall–Kier alpha value is -8.15. The van der Waals surface area contributed by atoms with Gasteiger partial charge in [-0.05, 0) is 240 Å². The lowest BCUT2D eigenvalue weighted by Gasteiger charge is -2.24. The predicted octanol–water partition coefficient (Wildman–Crippen LogP) is 22.7. The van der Waals surface area contributed by atoms with E-state index in [1.54, 1.807) is 0 Å². The first-order valence-corrected chi connectivity index (χ1v) is 37.3. The SMILES string of the molecule is CCC(CC)c1c[n+](C)c(-c2ccccc2C)cc1C.CCC(CC)c1ccc(-c2ccccc2C)[n+](C)c1.[2H]C(CC)(CC)c1c[n+](C)c(-c2ccccc2C)cc1C.[2H]C(CC)(CC)c1ccc(-c2ccccc2C)[n+](C)c1.[2H]C12CCC([2H])(c3c1cc[n+](C)c3-c1ccccc1C)C2(C)C. The van der Waals surface area contributed by atoms with Crippen molar-refractivity contribution in [3.63, 3.8) is 0 Å². The predicted molar refractivity (Wildman–Crippen MR) is 420 cm³/mol. The number of benzene rings is 5. The molecule has 5 heteroatoms. The van der Waals surface area contributed by atoms with Gasteiger partial charge in [0.15, 0.2) is 31.0 Å². The van der Waals surface area contributed by atoms with Crippen LogP contribution in [-0.2, 0) is 35.2 Å². The van der Waals surface area contributed by atoms with Crippen molar-refractivity contribution in [3.8, 4) is 56.3 Å². The number of nitrogens with zero attached hydrogens (tertiary/aromatic N) is 5. The van der Waals surface area contributed by atoms with Crippen molar-refractivity contribution in [2.24, 2.45) is 40.7 Å². The molecule has 5 heterocycles. The topological polar surface area (TPSA) is 19.4 Å². The van der Waals surface area contributed by atoms with Gasteiger partial charge in [0.05, 0.1) is 0 Å². The number of aryl methyl sites for hydroxylation is 12. The van der Waals surface area contributed by atoms with E-state index in [2.05, 4.69) is 371 Å². The van der Waals surface area contributed by atoms with Gasteiger partial charge in [-0.1, -0.05) is 160 Å². The van der Waals surface area contributed by atoms with Gasteiger partial charge in [-0.3, -0.25) is 0 Å². The number of fused-ring (bicyclic) bond motifs is 5. The maximum absolute atomic E-state index is 9.30. The van der Waals surface area contributed by atoms with Crippen LogP contribution >= 0.6 is 0 Å². The summed E-state index contributed by atoms with van der Waals surface area (Å²) in [4.78, 5) is 0. The second kappa shape index (κ2) is 35.3. The molecular weight excluding hydrogens is 1200 g/mol. The Morgan fingerprint density at radius 2 is 0.717 bits per heavy atom. The Bertz CT molecular complexity index is 4550. The standard InChI is InChI=1S/C20H24N.2C19H26N.2C18H24N/c1-13-7-5-6-8-14(13)19-18-15(11-12-21(19)4)16-9-10-17(18)20(16,2)3;2*1-6-16(7-2)18-13-20(5)19(12-15(18)4)17-11-9-8-10-14(17)3;2*1-5-15(6-2)16-11-12-18(19(4)13-16)17-10-8-7-9-14(17)3/h5-8,11-12,16-17H,9-10H2,1-4H3;2*8-13,16H,6-7H2,1-5H3;2*7-13,15H,5-6H2,1-4H3/q5*+1/i16D,17D;16D;;15D;. The van der Waals surface area contributed by atoms with Crippen LogP contribution in [0.1, 0.15) is 247 Å². The van der Waals surface area contributed by atoms with Gasteiger partial charge in [0.1, 0.15) is 35.2 Å². The van der Waals surface area contributed by atoms with E-state index in [1.165, 1.54) is 126 Å². The van der Waals surface area contributed by atoms with E-state index in [-0.39, 0.29) is 5.41 Å². The Morgan fingerprint density at radius 3 is 1.12 bits per heavy atom. The molecule has 520 valence electrons. The van der Waals surface area contributed by atoms with Gasteiger partial charge in [0.25, 0.3) is 0 Å². The van der Waals surface area contributed by atoms with Gasteiger partial charge in [-0.15, -0.1) is 0 Å². The number of rotatable bonds is 17. The van der Waals surface area contributed by atoms with Crippen molar-refractivity contribution in [3.05, 3.63) is 267 Å². The Labute approximate surface area is 606 Å². The zero-order valence-electron chi connectivity index (χ0n) is 68.9. The molecule has 0 N–H and O–H groups in total.